The summed E-state index contributed by atoms with van der Waals surface area (Å²) in [7, 11) is 0. The highest BCUT2D eigenvalue weighted by molar-refractivity contribution is 4.77. The Labute approximate surface area is 108 Å². The Balaban J connectivity index is 2.29. The van der Waals surface area contributed by atoms with Gasteiger partial charge in [0, 0.05) is 6.04 Å². The van der Waals surface area contributed by atoms with Crippen LogP contribution in [0.1, 0.15) is 59.3 Å². The molecule has 1 aliphatic rings. The third kappa shape index (κ3) is 5.39. The Kier molecular flexibility index (Phi) is 7.14. The molecule has 0 aromatic rings. The van der Waals surface area contributed by atoms with Gasteiger partial charge in [-0.25, -0.2) is 0 Å². The first-order valence-corrected chi connectivity index (χ1v) is 7.61. The predicted octanol–water partition coefficient (Wildman–Crippen LogP) is 3.26. The molecule has 17 heavy (non-hydrogen) atoms. The lowest BCUT2D eigenvalue weighted by Crippen LogP contribution is -2.35. The molecule has 1 saturated carbocycles. The van der Waals surface area contributed by atoms with Gasteiger partial charge < -0.3 is 10.6 Å². The van der Waals surface area contributed by atoms with Gasteiger partial charge in [0.25, 0.3) is 0 Å². The molecule has 2 nitrogen and oxygen atoms in total. The molecular formula is C15H32N2. The Morgan fingerprint density at radius 1 is 1.24 bits per heavy atom. The van der Waals surface area contributed by atoms with Crippen molar-refractivity contribution in [3.8, 4) is 0 Å². The highest BCUT2D eigenvalue weighted by Gasteiger charge is 2.21. The minimum absolute atomic E-state index is 0.727. The first kappa shape index (κ1) is 15.0. The average molecular weight is 240 g/mol. The molecule has 0 aromatic carbocycles. The zero-order valence-corrected chi connectivity index (χ0v) is 12.1. The lowest BCUT2D eigenvalue weighted by atomic mass is 9.94. The van der Waals surface area contributed by atoms with Crippen LogP contribution in [0.5, 0.6) is 0 Å². The van der Waals surface area contributed by atoms with Crippen molar-refractivity contribution in [3.05, 3.63) is 0 Å². The van der Waals surface area contributed by atoms with Gasteiger partial charge in [0.15, 0.2) is 0 Å². The maximum absolute atomic E-state index is 5.88. The fourth-order valence-corrected chi connectivity index (χ4v) is 3.22. The Morgan fingerprint density at radius 2 is 1.88 bits per heavy atom. The number of hydrogen-bond acceptors (Lipinski definition) is 2. The minimum Gasteiger partial charge on any atom is -0.330 e. The fraction of sp³-hybridized carbons (Fsp3) is 1.00. The molecule has 0 amide bonds. The van der Waals surface area contributed by atoms with Gasteiger partial charge in [-0.1, -0.05) is 33.6 Å². The van der Waals surface area contributed by atoms with Gasteiger partial charge in [-0.3, -0.25) is 0 Å². The summed E-state index contributed by atoms with van der Waals surface area (Å²) in [6.07, 6.45) is 8.30. The first-order valence-electron chi connectivity index (χ1n) is 7.61. The molecule has 0 heterocycles. The molecule has 1 fully saturated rings. The standard InChI is InChI=1S/C15H32N2/c1-4-17(15-7-5-6-8-15)10-9-14(12-16)11-13(2)3/h13-15H,4-12,16H2,1-3H3. The number of nitrogens with zero attached hydrogens (tertiary/aromatic N) is 1. The molecule has 1 rings (SSSR count). The summed E-state index contributed by atoms with van der Waals surface area (Å²) >= 11 is 0. The summed E-state index contributed by atoms with van der Waals surface area (Å²) in [4.78, 5) is 2.69. The average Bonchev–Trinajstić information content (AvgIpc) is 2.81. The van der Waals surface area contributed by atoms with Gasteiger partial charge in [-0.15, -0.1) is 0 Å². The maximum atomic E-state index is 5.88. The van der Waals surface area contributed by atoms with Crippen LogP contribution in [-0.4, -0.2) is 30.6 Å². The van der Waals surface area contributed by atoms with Gasteiger partial charge in [-0.05, 0) is 57.2 Å². The molecule has 1 atom stereocenters. The smallest absolute Gasteiger partial charge is 0.00951 e. The molecule has 2 N–H and O–H groups in total. The van der Waals surface area contributed by atoms with Gasteiger partial charge in [0.05, 0.1) is 0 Å². The highest BCUT2D eigenvalue weighted by atomic mass is 15.1. The minimum atomic E-state index is 0.727. The molecule has 102 valence electrons. The highest BCUT2D eigenvalue weighted by Crippen LogP contribution is 2.24. The molecule has 0 spiro atoms. The third-order valence-corrected chi connectivity index (χ3v) is 4.21. The molecular weight excluding hydrogens is 208 g/mol. The van der Waals surface area contributed by atoms with Gasteiger partial charge >= 0.3 is 0 Å². The van der Waals surface area contributed by atoms with Crippen molar-refractivity contribution in [3.63, 3.8) is 0 Å². The Morgan fingerprint density at radius 3 is 2.35 bits per heavy atom. The monoisotopic (exact) mass is 240 g/mol. The first-order chi connectivity index (χ1) is 8.17. The van der Waals surface area contributed by atoms with Crippen LogP contribution in [0.2, 0.25) is 0 Å². The van der Waals surface area contributed by atoms with E-state index in [1.807, 2.05) is 0 Å². The molecule has 0 aliphatic heterocycles. The second-order valence-corrected chi connectivity index (χ2v) is 6.09. The SMILES string of the molecule is CCN(CCC(CN)CC(C)C)C1CCCC1. The van der Waals surface area contributed by atoms with Crippen LogP contribution in [0, 0.1) is 11.8 Å². The summed E-state index contributed by atoms with van der Waals surface area (Å²) in [6, 6.07) is 0.873. The summed E-state index contributed by atoms with van der Waals surface area (Å²) in [5.74, 6) is 1.51. The maximum Gasteiger partial charge on any atom is 0.00951 e. The van der Waals surface area contributed by atoms with Crippen molar-refractivity contribution >= 4 is 0 Å². The molecule has 0 saturated heterocycles. The van der Waals surface area contributed by atoms with Crippen molar-refractivity contribution < 1.29 is 0 Å². The predicted molar refractivity (Wildman–Crippen MR) is 76.1 cm³/mol. The fourth-order valence-electron chi connectivity index (χ4n) is 3.22. The number of hydrogen-bond donors (Lipinski definition) is 1. The van der Waals surface area contributed by atoms with E-state index >= 15 is 0 Å². The van der Waals surface area contributed by atoms with Gasteiger partial charge in [0.1, 0.15) is 0 Å². The third-order valence-electron chi connectivity index (χ3n) is 4.21. The summed E-state index contributed by atoms with van der Waals surface area (Å²) < 4.78 is 0. The summed E-state index contributed by atoms with van der Waals surface area (Å²) in [5, 5.41) is 0. The van der Waals surface area contributed by atoms with E-state index in [4.69, 9.17) is 5.73 Å². The van der Waals surface area contributed by atoms with E-state index in [0.717, 1.165) is 24.4 Å². The zero-order chi connectivity index (χ0) is 12.7. The van der Waals surface area contributed by atoms with Crippen molar-refractivity contribution in [1.82, 2.24) is 4.90 Å². The van der Waals surface area contributed by atoms with Crippen LogP contribution >= 0.6 is 0 Å². The lowest BCUT2D eigenvalue weighted by Gasteiger charge is -2.29. The van der Waals surface area contributed by atoms with Crippen molar-refractivity contribution in [2.24, 2.45) is 17.6 Å². The molecule has 0 bridgehead atoms. The van der Waals surface area contributed by atoms with E-state index in [0.29, 0.717) is 0 Å². The normalized spacial score (nSPS) is 19.4. The Hall–Kier alpha value is -0.0800. The molecule has 1 unspecified atom stereocenters. The van der Waals surface area contributed by atoms with Gasteiger partial charge in [-0.2, -0.15) is 0 Å². The van der Waals surface area contributed by atoms with Crippen molar-refractivity contribution in [2.75, 3.05) is 19.6 Å². The second kappa shape index (κ2) is 8.10. The second-order valence-electron chi connectivity index (χ2n) is 6.09. The largest absolute Gasteiger partial charge is 0.330 e. The molecule has 0 radical (unpaired) electrons. The van der Waals surface area contributed by atoms with Crippen LogP contribution in [-0.2, 0) is 0 Å². The van der Waals surface area contributed by atoms with E-state index < -0.39 is 0 Å². The zero-order valence-electron chi connectivity index (χ0n) is 12.1. The lowest BCUT2D eigenvalue weighted by molar-refractivity contribution is 0.190. The quantitative estimate of drug-likeness (QED) is 0.705. The van der Waals surface area contributed by atoms with Gasteiger partial charge in [0.2, 0.25) is 0 Å². The topological polar surface area (TPSA) is 29.3 Å². The van der Waals surface area contributed by atoms with E-state index in [1.54, 1.807) is 0 Å². The van der Waals surface area contributed by atoms with E-state index in [1.165, 1.54) is 51.6 Å². The van der Waals surface area contributed by atoms with Crippen LogP contribution in [0.4, 0.5) is 0 Å². The summed E-state index contributed by atoms with van der Waals surface area (Å²) in [5.41, 5.74) is 5.88. The molecule has 2 heteroatoms. The van der Waals surface area contributed by atoms with E-state index in [9.17, 15) is 0 Å². The van der Waals surface area contributed by atoms with Crippen LogP contribution in [0.3, 0.4) is 0 Å². The van der Waals surface area contributed by atoms with Crippen LogP contribution in [0.15, 0.2) is 0 Å². The summed E-state index contributed by atoms with van der Waals surface area (Å²) in [6.45, 7) is 10.2. The van der Waals surface area contributed by atoms with Crippen LogP contribution in [0.25, 0.3) is 0 Å². The number of rotatable bonds is 8. The van der Waals surface area contributed by atoms with Crippen molar-refractivity contribution in [1.29, 1.82) is 0 Å². The van der Waals surface area contributed by atoms with E-state index in [2.05, 4.69) is 25.7 Å². The van der Waals surface area contributed by atoms with Crippen molar-refractivity contribution in [2.45, 2.75) is 65.3 Å². The molecule has 0 aromatic heterocycles. The number of nitrogens with two attached hydrogens (primary N) is 1. The van der Waals surface area contributed by atoms with Crippen LogP contribution < -0.4 is 5.73 Å². The Bertz CT molecular complexity index is 185. The molecule has 1 aliphatic carbocycles. The van der Waals surface area contributed by atoms with E-state index in [-0.39, 0.29) is 0 Å².